The number of hydrogen-bond acceptors (Lipinski definition) is 5. The lowest BCUT2D eigenvalue weighted by Crippen LogP contribution is -2.40. The van der Waals surface area contributed by atoms with Crippen LogP contribution in [0.15, 0.2) is 72.9 Å². The molecule has 4 heterocycles. The number of fused-ring (bicyclic) bond motifs is 6. The molecule has 3 aromatic carbocycles. The van der Waals surface area contributed by atoms with E-state index >= 15 is 0 Å². The molecule has 40 heavy (non-hydrogen) atoms. The van der Waals surface area contributed by atoms with Crippen LogP contribution in [-0.4, -0.2) is 48.5 Å². The van der Waals surface area contributed by atoms with Crippen molar-refractivity contribution in [3.05, 3.63) is 107 Å². The Morgan fingerprint density at radius 1 is 1.07 bits per heavy atom. The van der Waals surface area contributed by atoms with Crippen LogP contribution < -0.4 is 19.5 Å². The molecule has 3 aliphatic rings. The fourth-order valence-corrected chi connectivity index (χ4v) is 5.27. The van der Waals surface area contributed by atoms with Gasteiger partial charge in [0, 0.05) is 19.3 Å². The van der Waals surface area contributed by atoms with Crippen LogP contribution in [-0.2, 0) is 6.42 Å². The summed E-state index contributed by atoms with van der Waals surface area (Å²) in [4.78, 5) is 31.2. The van der Waals surface area contributed by atoms with Crippen molar-refractivity contribution in [1.29, 1.82) is 0 Å². The van der Waals surface area contributed by atoms with Gasteiger partial charge in [0.05, 0.1) is 25.3 Å². The molecule has 0 saturated heterocycles. The number of hydrogen-bond donors (Lipinski definition) is 2. The van der Waals surface area contributed by atoms with Crippen LogP contribution in [0.3, 0.4) is 0 Å². The molecule has 0 spiro atoms. The number of nitrogens with one attached hydrogen (secondary N) is 2. The number of carbonyl (C=O) groups is 2. The summed E-state index contributed by atoms with van der Waals surface area (Å²) in [6.07, 6.45) is 2.84. The summed E-state index contributed by atoms with van der Waals surface area (Å²) in [5.74, 6) is 0.747. The number of benzene rings is 3. The van der Waals surface area contributed by atoms with E-state index in [1.807, 2.05) is 41.3 Å². The molecule has 0 aliphatic carbocycles. The molecule has 1 atom stereocenters. The third-order valence-corrected chi connectivity index (χ3v) is 7.22. The molecule has 204 valence electrons. The molecule has 4 aromatic rings. The molecule has 0 saturated carbocycles. The Balaban J connectivity index is 1.46. The highest BCUT2D eigenvalue weighted by molar-refractivity contribution is 5.95. The van der Waals surface area contributed by atoms with Gasteiger partial charge in [-0.2, -0.15) is 0 Å². The molecule has 7 rings (SSSR count). The normalized spacial score (nSPS) is 16.7. The Morgan fingerprint density at radius 3 is 2.75 bits per heavy atom. The number of rotatable bonds is 2. The summed E-state index contributed by atoms with van der Waals surface area (Å²) in [7, 11) is 1.57. The largest absolute Gasteiger partial charge is 0.493 e. The first kappa shape index (κ1) is 25.5. The molecule has 1 aromatic heterocycles. The van der Waals surface area contributed by atoms with E-state index in [2.05, 4.69) is 10.3 Å². The average Bonchev–Trinajstić information content (AvgIpc) is 3.51. The Bertz CT molecular complexity index is 1570. The van der Waals surface area contributed by atoms with Crippen LogP contribution in [0.4, 0.5) is 4.39 Å². The summed E-state index contributed by atoms with van der Waals surface area (Å²) in [6, 6.07) is 18.7. The van der Waals surface area contributed by atoms with Crippen molar-refractivity contribution in [3.8, 4) is 23.0 Å². The molecule has 0 fully saturated rings. The first-order chi connectivity index (χ1) is 19.5. The average molecular weight is 542 g/mol. The van der Waals surface area contributed by atoms with Crippen LogP contribution in [0.5, 0.6) is 23.0 Å². The Labute approximate surface area is 230 Å². The van der Waals surface area contributed by atoms with E-state index in [1.54, 1.807) is 25.4 Å². The third-order valence-electron chi connectivity index (χ3n) is 7.22. The number of nitrogens with zero attached hydrogens (tertiary/aromatic N) is 1. The first-order valence-electron chi connectivity index (χ1n) is 13.2. The molecule has 9 heteroatoms. The fourth-order valence-electron chi connectivity index (χ4n) is 5.27. The highest BCUT2D eigenvalue weighted by Gasteiger charge is 2.34. The van der Waals surface area contributed by atoms with Crippen LogP contribution in [0.2, 0.25) is 0 Å². The predicted octanol–water partition coefficient (Wildman–Crippen LogP) is 5.25. The molecule has 1 unspecified atom stereocenters. The number of halogens is 1. The van der Waals surface area contributed by atoms with Crippen molar-refractivity contribution in [2.24, 2.45) is 0 Å². The zero-order valence-corrected chi connectivity index (χ0v) is 21.9. The van der Waals surface area contributed by atoms with E-state index in [1.165, 1.54) is 18.2 Å². The van der Waals surface area contributed by atoms with Gasteiger partial charge in [-0.05, 0) is 84.1 Å². The van der Waals surface area contributed by atoms with Gasteiger partial charge in [0.2, 0.25) is 0 Å². The molecule has 8 bridgehead atoms. The van der Waals surface area contributed by atoms with Gasteiger partial charge < -0.3 is 29.4 Å². The minimum Gasteiger partial charge on any atom is -0.493 e. The van der Waals surface area contributed by atoms with Gasteiger partial charge in [0.15, 0.2) is 11.5 Å². The van der Waals surface area contributed by atoms with Gasteiger partial charge in [0.1, 0.15) is 23.0 Å². The molecule has 0 radical (unpaired) electrons. The molecular formula is C31H28FN3O5. The maximum atomic E-state index is 14.5. The summed E-state index contributed by atoms with van der Waals surface area (Å²) in [5, 5.41) is 2.74. The minimum atomic E-state index is -0.628. The Hall–Kier alpha value is -4.79. The van der Waals surface area contributed by atoms with E-state index < -0.39 is 11.7 Å². The second-order valence-corrected chi connectivity index (χ2v) is 9.71. The SMILES string of the molecule is COc1ccc2cc1OCCCNC(=O)c1cc(ccc1F)Oc1ccc3c(c1)CCN(C(=O)c1ccc[nH]1)C23. The molecule has 8 nitrogen and oxygen atoms in total. The van der Waals surface area contributed by atoms with E-state index in [0.29, 0.717) is 54.7 Å². The quantitative estimate of drug-likeness (QED) is 0.362. The van der Waals surface area contributed by atoms with Gasteiger partial charge in [-0.15, -0.1) is 0 Å². The number of methoxy groups -OCH3 is 1. The number of H-pyrrole nitrogens is 1. The van der Waals surface area contributed by atoms with Crippen molar-refractivity contribution in [3.63, 3.8) is 0 Å². The van der Waals surface area contributed by atoms with Gasteiger partial charge in [-0.1, -0.05) is 12.1 Å². The first-order valence-corrected chi connectivity index (χ1v) is 13.2. The minimum absolute atomic E-state index is 0.0922. The molecule has 2 amide bonds. The zero-order valence-electron chi connectivity index (χ0n) is 21.9. The van der Waals surface area contributed by atoms with Crippen molar-refractivity contribution in [1.82, 2.24) is 15.2 Å². The predicted molar refractivity (Wildman–Crippen MR) is 146 cm³/mol. The Morgan fingerprint density at radius 2 is 1.93 bits per heavy atom. The second-order valence-electron chi connectivity index (χ2n) is 9.71. The van der Waals surface area contributed by atoms with Crippen molar-refractivity contribution < 1.29 is 28.2 Å². The fraction of sp³-hybridized carbons (Fsp3) is 0.226. The van der Waals surface area contributed by atoms with Crippen LogP contribution in [0.1, 0.15) is 50.0 Å². The number of ether oxygens (including phenoxy) is 3. The van der Waals surface area contributed by atoms with Gasteiger partial charge in [0.25, 0.3) is 11.8 Å². The topological polar surface area (TPSA) is 92.9 Å². The third kappa shape index (κ3) is 4.86. The van der Waals surface area contributed by atoms with Crippen molar-refractivity contribution in [2.75, 3.05) is 26.8 Å². The van der Waals surface area contributed by atoms with E-state index in [4.69, 9.17) is 14.2 Å². The summed E-state index contributed by atoms with van der Waals surface area (Å²) in [6.45, 7) is 1.07. The van der Waals surface area contributed by atoms with Crippen LogP contribution >= 0.6 is 0 Å². The van der Waals surface area contributed by atoms with Gasteiger partial charge >= 0.3 is 0 Å². The van der Waals surface area contributed by atoms with E-state index in [0.717, 1.165) is 16.7 Å². The van der Waals surface area contributed by atoms with E-state index in [-0.39, 0.29) is 24.1 Å². The molecule has 2 N–H and O–H groups in total. The number of carbonyl (C=O) groups excluding carboxylic acids is 2. The second kappa shape index (κ2) is 10.8. The molecule has 3 aliphatic heterocycles. The van der Waals surface area contributed by atoms with Crippen LogP contribution in [0.25, 0.3) is 0 Å². The zero-order chi connectivity index (χ0) is 27.6. The van der Waals surface area contributed by atoms with Crippen molar-refractivity contribution in [2.45, 2.75) is 18.9 Å². The van der Waals surface area contributed by atoms with E-state index in [9.17, 15) is 14.0 Å². The van der Waals surface area contributed by atoms with Gasteiger partial charge in [-0.3, -0.25) is 9.59 Å². The monoisotopic (exact) mass is 541 g/mol. The standard InChI is InChI=1S/C31H28FN3O5/c1-38-27-10-5-20-17-28(27)39-15-3-13-34-30(36)24-18-22(7-9-25(24)32)40-21-6-8-23-19(16-21)11-14-35(29(20)23)31(37)26-4-2-12-33-26/h2,4-10,12,16-18,29,33H,3,11,13-15H2,1H3,(H,34,36). The highest BCUT2D eigenvalue weighted by atomic mass is 19.1. The summed E-state index contributed by atoms with van der Waals surface area (Å²) >= 11 is 0. The smallest absolute Gasteiger partial charge is 0.271 e. The maximum Gasteiger partial charge on any atom is 0.271 e. The highest BCUT2D eigenvalue weighted by Crippen LogP contribution is 2.41. The van der Waals surface area contributed by atoms with Crippen molar-refractivity contribution >= 4 is 11.8 Å². The summed E-state index contributed by atoms with van der Waals surface area (Å²) < 4.78 is 32.2. The lowest BCUT2D eigenvalue weighted by molar-refractivity contribution is 0.0688. The molecular weight excluding hydrogens is 513 g/mol. The number of aromatic amines is 1. The maximum absolute atomic E-state index is 14.5. The van der Waals surface area contributed by atoms with Gasteiger partial charge in [-0.25, -0.2) is 4.39 Å². The summed E-state index contributed by atoms with van der Waals surface area (Å²) in [5.41, 5.74) is 3.29. The Kier molecular flexibility index (Phi) is 6.86. The number of aromatic nitrogens is 1. The lowest BCUT2D eigenvalue weighted by Gasteiger charge is -2.38. The van der Waals surface area contributed by atoms with Crippen LogP contribution in [0, 0.1) is 5.82 Å². The lowest BCUT2D eigenvalue weighted by atomic mass is 9.87. The number of amides is 2.